The van der Waals surface area contributed by atoms with Gasteiger partial charge in [-0.3, -0.25) is 0 Å². The van der Waals surface area contributed by atoms with Crippen LogP contribution in [0.1, 0.15) is 25.5 Å². The second kappa shape index (κ2) is 5.22. The molecule has 0 aliphatic heterocycles. The fourth-order valence-corrected chi connectivity index (χ4v) is 1.99. The molecule has 1 aromatic heterocycles. The lowest BCUT2D eigenvalue weighted by Crippen LogP contribution is -1.94. The highest BCUT2D eigenvalue weighted by molar-refractivity contribution is 5.77. The minimum atomic E-state index is 0.202. The number of nitrogens with two attached hydrogens (primary N) is 1. The van der Waals surface area contributed by atoms with Crippen molar-refractivity contribution < 1.29 is 14.0 Å². The van der Waals surface area contributed by atoms with E-state index in [-0.39, 0.29) is 5.92 Å². The summed E-state index contributed by atoms with van der Waals surface area (Å²) in [7, 11) is 3.20. The minimum Gasteiger partial charge on any atom is -0.493 e. The molecule has 0 unspecified atom stereocenters. The van der Waals surface area contributed by atoms with Gasteiger partial charge in [-0.15, -0.1) is 0 Å². The fourth-order valence-electron chi connectivity index (χ4n) is 1.99. The van der Waals surface area contributed by atoms with Crippen molar-refractivity contribution in [3.8, 4) is 22.6 Å². The molecule has 0 atom stereocenters. The second-order valence-corrected chi connectivity index (χ2v) is 4.53. The first kappa shape index (κ1) is 13.3. The number of hydrogen-bond donors (Lipinski definition) is 1. The van der Waals surface area contributed by atoms with E-state index in [1.54, 1.807) is 14.2 Å². The van der Waals surface area contributed by atoms with E-state index in [2.05, 4.69) is 5.16 Å². The van der Waals surface area contributed by atoms with Crippen LogP contribution in [0.3, 0.4) is 0 Å². The molecule has 1 heterocycles. The summed E-state index contributed by atoms with van der Waals surface area (Å²) in [5.74, 6) is 2.68. The molecule has 2 rings (SSSR count). The zero-order valence-corrected chi connectivity index (χ0v) is 11.6. The van der Waals surface area contributed by atoms with Crippen LogP contribution < -0.4 is 15.2 Å². The summed E-state index contributed by atoms with van der Waals surface area (Å²) in [6.07, 6.45) is 0. The van der Waals surface area contributed by atoms with E-state index >= 15 is 0 Å². The van der Waals surface area contributed by atoms with E-state index in [4.69, 9.17) is 19.7 Å². The van der Waals surface area contributed by atoms with Crippen LogP contribution in [0.5, 0.6) is 11.5 Å². The van der Waals surface area contributed by atoms with Crippen molar-refractivity contribution in [2.24, 2.45) is 0 Å². The topological polar surface area (TPSA) is 70.5 Å². The van der Waals surface area contributed by atoms with Crippen LogP contribution in [0.4, 0.5) is 5.82 Å². The van der Waals surface area contributed by atoms with Crippen LogP contribution in [-0.2, 0) is 0 Å². The number of benzene rings is 1. The van der Waals surface area contributed by atoms with E-state index in [9.17, 15) is 0 Å². The predicted molar refractivity (Wildman–Crippen MR) is 73.5 cm³/mol. The van der Waals surface area contributed by atoms with Gasteiger partial charge >= 0.3 is 0 Å². The quantitative estimate of drug-likeness (QED) is 0.916. The van der Waals surface area contributed by atoms with Gasteiger partial charge in [-0.05, 0) is 17.7 Å². The van der Waals surface area contributed by atoms with Crippen molar-refractivity contribution in [3.05, 3.63) is 24.0 Å². The van der Waals surface area contributed by atoms with Crippen molar-refractivity contribution in [2.45, 2.75) is 19.8 Å². The van der Waals surface area contributed by atoms with E-state index in [0.29, 0.717) is 17.3 Å². The molecule has 0 aliphatic carbocycles. The second-order valence-electron chi connectivity index (χ2n) is 4.53. The molecule has 5 nitrogen and oxygen atoms in total. The van der Waals surface area contributed by atoms with Crippen LogP contribution in [0, 0.1) is 0 Å². The Labute approximate surface area is 112 Å². The number of nitrogens with zero attached hydrogens (tertiary/aromatic N) is 1. The van der Waals surface area contributed by atoms with Gasteiger partial charge in [-0.2, -0.15) is 0 Å². The Kier molecular flexibility index (Phi) is 3.64. The molecule has 0 aliphatic rings. The van der Waals surface area contributed by atoms with Crippen molar-refractivity contribution in [1.29, 1.82) is 0 Å². The van der Waals surface area contributed by atoms with E-state index in [1.807, 2.05) is 32.0 Å². The molecule has 5 heteroatoms. The number of anilines is 1. The maximum atomic E-state index is 5.90. The van der Waals surface area contributed by atoms with Gasteiger partial charge in [0.15, 0.2) is 17.3 Å². The number of nitrogen functional groups attached to an aromatic ring is 1. The number of rotatable bonds is 4. The summed E-state index contributed by atoms with van der Waals surface area (Å²) < 4.78 is 15.8. The minimum absolute atomic E-state index is 0.202. The van der Waals surface area contributed by atoms with E-state index in [1.165, 1.54) is 0 Å². The van der Waals surface area contributed by atoms with Crippen molar-refractivity contribution in [1.82, 2.24) is 5.16 Å². The van der Waals surface area contributed by atoms with Gasteiger partial charge in [0, 0.05) is 5.92 Å². The lowest BCUT2D eigenvalue weighted by atomic mass is 9.99. The van der Waals surface area contributed by atoms with Gasteiger partial charge in [0.1, 0.15) is 5.76 Å². The maximum absolute atomic E-state index is 5.90. The summed E-state index contributed by atoms with van der Waals surface area (Å²) in [5, 5.41) is 3.84. The van der Waals surface area contributed by atoms with E-state index in [0.717, 1.165) is 16.9 Å². The molecule has 1 aromatic carbocycles. The van der Waals surface area contributed by atoms with Gasteiger partial charge < -0.3 is 19.7 Å². The molecule has 0 spiro atoms. The molecule has 0 saturated carbocycles. The van der Waals surface area contributed by atoms with Crippen molar-refractivity contribution >= 4 is 5.82 Å². The Bertz CT molecular complexity index is 576. The molecule has 0 amide bonds. The third-order valence-electron chi connectivity index (χ3n) is 2.94. The Morgan fingerprint density at radius 2 is 1.84 bits per heavy atom. The maximum Gasteiger partial charge on any atom is 0.175 e. The predicted octanol–water partition coefficient (Wildman–Crippen LogP) is 3.06. The lowest BCUT2D eigenvalue weighted by Gasteiger charge is -2.10. The first-order chi connectivity index (χ1) is 9.08. The van der Waals surface area contributed by atoms with Gasteiger partial charge in [0.2, 0.25) is 0 Å². The standard InChI is InChI=1S/C14H18N2O3/c1-8(2)13-12(14(15)16-19-13)9-5-6-10(17-3)11(7-9)18-4/h5-8H,1-4H3,(H2,15,16). The molecule has 2 aromatic rings. The van der Waals surface area contributed by atoms with Gasteiger partial charge in [0.05, 0.1) is 19.8 Å². The smallest absolute Gasteiger partial charge is 0.175 e. The molecular formula is C14H18N2O3. The number of hydrogen-bond acceptors (Lipinski definition) is 5. The number of methoxy groups -OCH3 is 2. The third kappa shape index (κ3) is 2.36. The van der Waals surface area contributed by atoms with E-state index < -0.39 is 0 Å². The Balaban J connectivity index is 2.56. The average molecular weight is 262 g/mol. The summed E-state index contributed by atoms with van der Waals surface area (Å²) in [5.41, 5.74) is 7.61. The van der Waals surface area contributed by atoms with Crippen LogP contribution in [0.2, 0.25) is 0 Å². The Morgan fingerprint density at radius 1 is 1.16 bits per heavy atom. The highest BCUT2D eigenvalue weighted by atomic mass is 16.5. The highest BCUT2D eigenvalue weighted by Gasteiger charge is 2.19. The van der Waals surface area contributed by atoms with Crippen LogP contribution in [0.15, 0.2) is 22.7 Å². The van der Waals surface area contributed by atoms with Gasteiger partial charge in [-0.25, -0.2) is 0 Å². The zero-order chi connectivity index (χ0) is 14.0. The Hall–Kier alpha value is -2.17. The average Bonchev–Trinajstić information content (AvgIpc) is 2.80. The molecule has 0 saturated heterocycles. The van der Waals surface area contributed by atoms with Crippen molar-refractivity contribution in [3.63, 3.8) is 0 Å². The Morgan fingerprint density at radius 3 is 2.42 bits per heavy atom. The fraction of sp³-hybridized carbons (Fsp3) is 0.357. The van der Waals surface area contributed by atoms with Crippen LogP contribution in [0.25, 0.3) is 11.1 Å². The molecule has 102 valence electrons. The monoisotopic (exact) mass is 262 g/mol. The SMILES string of the molecule is COc1ccc(-c2c(N)noc2C(C)C)cc1OC. The molecule has 0 fully saturated rings. The summed E-state index contributed by atoms with van der Waals surface area (Å²) >= 11 is 0. The first-order valence-electron chi connectivity index (χ1n) is 6.06. The van der Waals surface area contributed by atoms with Gasteiger partial charge in [0.25, 0.3) is 0 Å². The molecule has 0 radical (unpaired) electrons. The lowest BCUT2D eigenvalue weighted by molar-refractivity contribution is 0.355. The number of ether oxygens (including phenoxy) is 2. The first-order valence-corrected chi connectivity index (χ1v) is 6.06. The normalized spacial score (nSPS) is 10.8. The highest BCUT2D eigenvalue weighted by Crippen LogP contribution is 2.38. The largest absolute Gasteiger partial charge is 0.493 e. The molecule has 0 bridgehead atoms. The molecule has 2 N–H and O–H groups in total. The molecule has 19 heavy (non-hydrogen) atoms. The summed E-state index contributed by atoms with van der Waals surface area (Å²) in [6, 6.07) is 5.62. The molecular weight excluding hydrogens is 244 g/mol. The van der Waals surface area contributed by atoms with Crippen LogP contribution in [-0.4, -0.2) is 19.4 Å². The van der Waals surface area contributed by atoms with Crippen LogP contribution >= 0.6 is 0 Å². The zero-order valence-electron chi connectivity index (χ0n) is 11.6. The van der Waals surface area contributed by atoms with Gasteiger partial charge in [-0.1, -0.05) is 25.1 Å². The number of aromatic nitrogens is 1. The summed E-state index contributed by atoms with van der Waals surface area (Å²) in [6.45, 7) is 4.06. The third-order valence-corrected chi connectivity index (χ3v) is 2.94. The summed E-state index contributed by atoms with van der Waals surface area (Å²) in [4.78, 5) is 0. The van der Waals surface area contributed by atoms with Crippen molar-refractivity contribution in [2.75, 3.05) is 20.0 Å².